The Hall–Kier alpha value is -1.90. The molecule has 1 N–H and O–H groups in total. The smallest absolute Gasteiger partial charge is 0.141 e. The third-order valence-electron chi connectivity index (χ3n) is 4.59. The van der Waals surface area contributed by atoms with Crippen LogP contribution < -0.4 is 5.32 Å². The van der Waals surface area contributed by atoms with Gasteiger partial charge in [0.25, 0.3) is 0 Å². The fourth-order valence-electron chi connectivity index (χ4n) is 3.02. The van der Waals surface area contributed by atoms with Gasteiger partial charge in [0.1, 0.15) is 11.6 Å². The van der Waals surface area contributed by atoms with Crippen molar-refractivity contribution in [1.82, 2.24) is 9.97 Å². The van der Waals surface area contributed by atoms with E-state index in [1.54, 1.807) is 0 Å². The molecule has 3 nitrogen and oxygen atoms in total. The predicted molar refractivity (Wildman–Crippen MR) is 82.1 cm³/mol. The summed E-state index contributed by atoms with van der Waals surface area (Å²) >= 11 is 0. The number of hydrogen-bond donors (Lipinski definition) is 1. The van der Waals surface area contributed by atoms with Crippen LogP contribution in [-0.2, 0) is 5.41 Å². The lowest BCUT2D eigenvalue weighted by molar-refractivity contribution is 0.285. The van der Waals surface area contributed by atoms with Crippen molar-refractivity contribution in [2.45, 2.75) is 38.5 Å². The molecule has 0 aliphatic heterocycles. The Balaban J connectivity index is 2.13. The van der Waals surface area contributed by atoms with Gasteiger partial charge in [-0.1, -0.05) is 36.8 Å². The number of nitrogens with zero attached hydrogens (tertiary/aromatic N) is 2. The molecule has 1 aromatic heterocycles. The van der Waals surface area contributed by atoms with Gasteiger partial charge in [0.2, 0.25) is 0 Å². The number of anilines is 1. The van der Waals surface area contributed by atoms with Crippen molar-refractivity contribution in [3.05, 3.63) is 53.0 Å². The molecule has 3 rings (SSSR count). The van der Waals surface area contributed by atoms with E-state index < -0.39 is 0 Å². The Morgan fingerprint density at radius 1 is 1.05 bits per heavy atom. The summed E-state index contributed by atoms with van der Waals surface area (Å²) in [7, 11) is 1.93. The minimum absolute atomic E-state index is 0.0192. The minimum atomic E-state index is 0.0192. The lowest BCUT2D eigenvalue weighted by Crippen LogP contribution is -2.37. The first-order chi connectivity index (χ1) is 9.67. The molecule has 0 radical (unpaired) electrons. The molecular formula is C17H21N3. The van der Waals surface area contributed by atoms with E-state index in [0.29, 0.717) is 0 Å². The number of aryl methyl sites for hydroxylation is 1. The van der Waals surface area contributed by atoms with E-state index in [1.807, 2.05) is 7.05 Å². The van der Waals surface area contributed by atoms with E-state index in [4.69, 9.17) is 9.97 Å². The van der Waals surface area contributed by atoms with Crippen molar-refractivity contribution < 1.29 is 0 Å². The van der Waals surface area contributed by atoms with E-state index in [1.165, 1.54) is 12.0 Å². The van der Waals surface area contributed by atoms with Gasteiger partial charge in [-0.15, -0.1) is 0 Å². The third-order valence-corrected chi connectivity index (χ3v) is 4.59. The normalized spacial score (nSPS) is 16.6. The summed E-state index contributed by atoms with van der Waals surface area (Å²) in [6.45, 7) is 4.14. The fraction of sp³-hybridized carbons (Fsp3) is 0.412. The molecule has 20 heavy (non-hydrogen) atoms. The molecule has 0 amide bonds. The molecule has 1 saturated carbocycles. The first-order valence-corrected chi connectivity index (χ1v) is 7.26. The maximum atomic E-state index is 4.80. The van der Waals surface area contributed by atoms with Gasteiger partial charge in [-0.3, -0.25) is 0 Å². The number of aromatic nitrogens is 2. The highest BCUT2D eigenvalue weighted by atomic mass is 15.0. The van der Waals surface area contributed by atoms with Crippen molar-refractivity contribution in [2.75, 3.05) is 12.4 Å². The van der Waals surface area contributed by atoms with Crippen LogP contribution in [-0.4, -0.2) is 17.0 Å². The van der Waals surface area contributed by atoms with Crippen molar-refractivity contribution in [1.29, 1.82) is 0 Å². The second-order valence-electron chi connectivity index (χ2n) is 5.66. The molecular weight excluding hydrogens is 246 g/mol. The van der Waals surface area contributed by atoms with E-state index in [2.05, 4.69) is 49.5 Å². The van der Waals surface area contributed by atoms with Gasteiger partial charge in [0.05, 0.1) is 5.41 Å². The predicted octanol–water partition coefficient (Wildman–Crippen LogP) is 3.61. The van der Waals surface area contributed by atoms with E-state index >= 15 is 0 Å². The average molecular weight is 267 g/mol. The SMILES string of the molecule is CNc1nc(C2(c3ccccc3)CCC2)nc(C)c1C. The van der Waals surface area contributed by atoms with Crippen LogP contribution in [0, 0.1) is 13.8 Å². The summed E-state index contributed by atoms with van der Waals surface area (Å²) in [6, 6.07) is 10.7. The second kappa shape index (κ2) is 4.89. The zero-order valence-electron chi connectivity index (χ0n) is 12.4. The quantitative estimate of drug-likeness (QED) is 0.923. The molecule has 1 aromatic carbocycles. The Morgan fingerprint density at radius 3 is 2.30 bits per heavy atom. The fourth-order valence-corrected chi connectivity index (χ4v) is 3.02. The summed E-state index contributed by atoms with van der Waals surface area (Å²) in [5, 5.41) is 3.20. The maximum Gasteiger partial charge on any atom is 0.141 e. The molecule has 104 valence electrons. The summed E-state index contributed by atoms with van der Waals surface area (Å²) in [5.41, 5.74) is 3.57. The van der Waals surface area contributed by atoms with Gasteiger partial charge in [0.15, 0.2) is 0 Å². The van der Waals surface area contributed by atoms with Crippen LogP contribution in [0.5, 0.6) is 0 Å². The molecule has 0 atom stereocenters. The Labute approximate surface area is 120 Å². The number of nitrogens with one attached hydrogen (secondary N) is 1. The average Bonchev–Trinajstić information content (AvgIpc) is 2.42. The van der Waals surface area contributed by atoms with Crippen LogP contribution in [0.3, 0.4) is 0 Å². The molecule has 1 fully saturated rings. The van der Waals surface area contributed by atoms with E-state index in [0.717, 1.165) is 35.7 Å². The summed E-state index contributed by atoms with van der Waals surface area (Å²) in [4.78, 5) is 9.60. The van der Waals surface area contributed by atoms with Gasteiger partial charge >= 0.3 is 0 Å². The molecule has 0 unspecified atom stereocenters. The van der Waals surface area contributed by atoms with Crippen LogP contribution in [0.2, 0.25) is 0 Å². The van der Waals surface area contributed by atoms with Crippen LogP contribution in [0.4, 0.5) is 5.82 Å². The Morgan fingerprint density at radius 2 is 1.75 bits per heavy atom. The standard InChI is InChI=1S/C17H21N3/c1-12-13(2)19-16(20-15(12)18-3)17(10-7-11-17)14-8-5-4-6-9-14/h4-6,8-9H,7,10-11H2,1-3H3,(H,18,19,20). The van der Waals surface area contributed by atoms with Crippen molar-refractivity contribution in [3.63, 3.8) is 0 Å². The lowest BCUT2D eigenvalue weighted by Gasteiger charge is -2.41. The van der Waals surface area contributed by atoms with E-state index in [9.17, 15) is 0 Å². The molecule has 1 aliphatic rings. The number of hydrogen-bond acceptors (Lipinski definition) is 3. The summed E-state index contributed by atoms with van der Waals surface area (Å²) < 4.78 is 0. The first kappa shape index (κ1) is 13.1. The highest BCUT2D eigenvalue weighted by Gasteiger charge is 2.43. The third kappa shape index (κ3) is 1.89. The van der Waals surface area contributed by atoms with Crippen LogP contribution in [0.25, 0.3) is 0 Å². The largest absolute Gasteiger partial charge is 0.373 e. The van der Waals surface area contributed by atoms with Gasteiger partial charge < -0.3 is 5.32 Å². The number of rotatable bonds is 3. The second-order valence-corrected chi connectivity index (χ2v) is 5.66. The van der Waals surface area contributed by atoms with Gasteiger partial charge in [0, 0.05) is 18.3 Å². The highest BCUT2D eigenvalue weighted by molar-refractivity contribution is 5.47. The van der Waals surface area contributed by atoms with Crippen LogP contribution in [0.15, 0.2) is 30.3 Å². The summed E-state index contributed by atoms with van der Waals surface area (Å²) in [6.07, 6.45) is 3.53. The van der Waals surface area contributed by atoms with Crippen molar-refractivity contribution in [3.8, 4) is 0 Å². The molecule has 1 heterocycles. The molecule has 1 aliphatic carbocycles. The Bertz CT molecular complexity index is 616. The maximum absolute atomic E-state index is 4.80. The van der Waals surface area contributed by atoms with Gasteiger partial charge in [-0.05, 0) is 32.3 Å². The first-order valence-electron chi connectivity index (χ1n) is 7.26. The summed E-state index contributed by atoms with van der Waals surface area (Å²) in [5.74, 6) is 1.93. The zero-order chi connectivity index (χ0) is 14.2. The van der Waals surface area contributed by atoms with Gasteiger partial charge in [-0.2, -0.15) is 0 Å². The molecule has 0 saturated heterocycles. The number of benzene rings is 1. The van der Waals surface area contributed by atoms with Crippen LogP contribution in [0.1, 0.15) is 41.9 Å². The molecule has 3 heteroatoms. The van der Waals surface area contributed by atoms with Gasteiger partial charge in [-0.25, -0.2) is 9.97 Å². The zero-order valence-corrected chi connectivity index (χ0v) is 12.4. The molecule has 0 spiro atoms. The minimum Gasteiger partial charge on any atom is -0.373 e. The molecule has 2 aromatic rings. The highest BCUT2D eigenvalue weighted by Crippen LogP contribution is 2.47. The van der Waals surface area contributed by atoms with E-state index in [-0.39, 0.29) is 5.41 Å². The Kier molecular flexibility index (Phi) is 3.20. The topological polar surface area (TPSA) is 37.8 Å². The lowest BCUT2D eigenvalue weighted by atomic mass is 9.64. The van der Waals surface area contributed by atoms with Crippen molar-refractivity contribution in [2.24, 2.45) is 0 Å². The monoisotopic (exact) mass is 267 g/mol. The van der Waals surface area contributed by atoms with Crippen LogP contribution >= 0.6 is 0 Å². The van der Waals surface area contributed by atoms with Crippen molar-refractivity contribution >= 4 is 5.82 Å². The molecule has 0 bridgehead atoms.